The van der Waals surface area contributed by atoms with E-state index in [9.17, 15) is 4.79 Å². The Morgan fingerprint density at radius 2 is 2.11 bits per heavy atom. The van der Waals surface area contributed by atoms with Crippen LogP contribution < -0.4 is 4.74 Å². The fourth-order valence-electron chi connectivity index (χ4n) is 1.37. The first-order valence-corrected chi connectivity index (χ1v) is 6.91. The number of aromatic nitrogens is 1. The Hall–Kier alpha value is -0.850. The molecule has 0 N–H and O–H groups in total. The van der Waals surface area contributed by atoms with Crippen LogP contribution in [0.4, 0.5) is 0 Å². The molecule has 18 heavy (non-hydrogen) atoms. The van der Waals surface area contributed by atoms with Crippen LogP contribution in [0, 0.1) is 0 Å². The molecule has 102 valence electrons. The van der Waals surface area contributed by atoms with E-state index in [-0.39, 0.29) is 10.0 Å². The van der Waals surface area contributed by atoms with Gasteiger partial charge >= 0.3 is 5.97 Å². The fraction of sp³-hybridized carbons (Fsp3) is 0.636. The number of carbonyl (C=O) groups excluding carboxylic acids is 1. The average molecular weight is 293 g/mol. The van der Waals surface area contributed by atoms with E-state index >= 15 is 0 Å². The Morgan fingerprint density at radius 3 is 2.67 bits per heavy atom. The summed E-state index contributed by atoms with van der Waals surface area (Å²) in [6, 6.07) is 0. The number of halogens is 1. The summed E-state index contributed by atoms with van der Waals surface area (Å²) in [7, 11) is 1.30. The molecule has 0 fully saturated rings. The van der Waals surface area contributed by atoms with E-state index in [4.69, 9.17) is 16.3 Å². The van der Waals surface area contributed by atoms with Crippen LogP contribution >= 0.6 is 22.9 Å². The largest absolute Gasteiger partial charge is 0.469 e. The molecule has 0 amide bonds. The highest BCUT2D eigenvalue weighted by molar-refractivity contribution is 7.15. The Bertz CT molecular complexity index is 394. The molecule has 0 aliphatic rings. The van der Waals surface area contributed by atoms with Crippen LogP contribution in [0.3, 0.4) is 0 Å². The lowest BCUT2D eigenvalue weighted by atomic mass is 10.5. The van der Waals surface area contributed by atoms with E-state index in [1.807, 2.05) is 0 Å². The van der Waals surface area contributed by atoms with Gasteiger partial charge in [-0.2, -0.15) is 4.98 Å². The normalized spacial score (nSPS) is 10.7. The van der Waals surface area contributed by atoms with E-state index in [0.717, 1.165) is 31.0 Å². The van der Waals surface area contributed by atoms with Crippen LogP contribution in [-0.4, -0.2) is 49.2 Å². The third-order valence-corrected chi connectivity index (χ3v) is 3.80. The first-order chi connectivity index (χ1) is 8.62. The number of ether oxygens (including phenoxy) is 2. The average Bonchev–Trinajstić information content (AvgIpc) is 2.75. The number of likely N-dealkylation sites (N-methyl/N-ethyl adjacent to an activating group) is 1. The van der Waals surface area contributed by atoms with Gasteiger partial charge in [0.25, 0.3) is 5.19 Å². The van der Waals surface area contributed by atoms with Gasteiger partial charge in [-0.15, -0.1) is 0 Å². The summed E-state index contributed by atoms with van der Waals surface area (Å²) >= 11 is 6.92. The van der Waals surface area contributed by atoms with Crippen LogP contribution in [0.1, 0.15) is 23.5 Å². The second kappa shape index (κ2) is 7.56. The van der Waals surface area contributed by atoms with Crippen molar-refractivity contribution in [3.05, 3.63) is 10.0 Å². The highest BCUT2D eigenvalue weighted by Gasteiger charge is 2.18. The molecule has 0 aliphatic heterocycles. The Morgan fingerprint density at radius 1 is 1.44 bits per heavy atom. The number of esters is 1. The van der Waals surface area contributed by atoms with Gasteiger partial charge in [0.1, 0.15) is 6.61 Å². The molecule has 0 saturated carbocycles. The highest BCUT2D eigenvalue weighted by atomic mass is 35.5. The number of nitrogens with zero attached hydrogens (tertiary/aromatic N) is 2. The molecule has 0 aliphatic carbocycles. The van der Waals surface area contributed by atoms with Crippen molar-refractivity contribution in [2.24, 2.45) is 0 Å². The molecule has 0 radical (unpaired) electrons. The lowest BCUT2D eigenvalue weighted by molar-refractivity contribution is 0.0606. The van der Waals surface area contributed by atoms with E-state index < -0.39 is 5.97 Å². The minimum absolute atomic E-state index is 0.129. The molecule has 1 heterocycles. The van der Waals surface area contributed by atoms with Crippen molar-refractivity contribution in [1.82, 2.24) is 9.88 Å². The zero-order valence-corrected chi connectivity index (χ0v) is 12.3. The Kier molecular flexibility index (Phi) is 6.38. The third-order valence-electron chi connectivity index (χ3n) is 2.46. The van der Waals surface area contributed by atoms with Gasteiger partial charge < -0.3 is 14.4 Å². The summed E-state index contributed by atoms with van der Waals surface area (Å²) in [6.07, 6.45) is 0. The van der Waals surface area contributed by atoms with Gasteiger partial charge in [-0.05, 0) is 13.1 Å². The Labute approximate surface area is 116 Å². The number of hydrogen-bond acceptors (Lipinski definition) is 6. The molecule has 5 nitrogen and oxygen atoms in total. The van der Waals surface area contributed by atoms with E-state index in [2.05, 4.69) is 28.5 Å². The first kappa shape index (κ1) is 15.2. The molecular formula is C11H17ClN2O3S. The SMILES string of the molecule is CCN(CC)CCOc1nc(Cl)c(C(=O)OC)s1. The van der Waals surface area contributed by atoms with Crippen molar-refractivity contribution in [1.29, 1.82) is 0 Å². The molecule has 0 saturated heterocycles. The highest BCUT2D eigenvalue weighted by Crippen LogP contribution is 2.29. The summed E-state index contributed by atoms with van der Waals surface area (Å²) in [5.41, 5.74) is 0. The second-order valence-corrected chi connectivity index (χ2v) is 4.79. The molecule has 1 aromatic heterocycles. The van der Waals surface area contributed by atoms with Gasteiger partial charge in [-0.25, -0.2) is 4.79 Å². The summed E-state index contributed by atoms with van der Waals surface area (Å²) < 4.78 is 10.1. The maximum atomic E-state index is 11.3. The number of methoxy groups -OCH3 is 1. The molecule has 0 aromatic carbocycles. The van der Waals surface area contributed by atoms with Crippen molar-refractivity contribution in [3.8, 4) is 5.19 Å². The number of carbonyl (C=O) groups is 1. The van der Waals surface area contributed by atoms with E-state index in [1.54, 1.807) is 0 Å². The van der Waals surface area contributed by atoms with E-state index in [1.165, 1.54) is 7.11 Å². The lowest BCUT2D eigenvalue weighted by Crippen LogP contribution is -2.27. The van der Waals surface area contributed by atoms with Crippen molar-refractivity contribution >= 4 is 28.9 Å². The summed E-state index contributed by atoms with van der Waals surface area (Å²) in [5, 5.41) is 0.525. The number of rotatable bonds is 7. The van der Waals surface area contributed by atoms with Crippen LogP contribution in [0.25, 0.3) is 0 Å². The van der Waals surface area contributed by atoms with Crippen molar-refractivity contribution in [2.45, 2.75) is 13.8 Å². The minimum Gasteiger partial charge on any atom is -0.469 e. The van der Waals surface area contributed by atoms with Crippen LogP contribution in [0.5, 0.6) is 5.19 Å². The minimum atomic E-state index is -0.490. The van der Waals surface area contributed by atoms with Gasteiger partial charge in [-0.1, -0.05) is 36.8 Å². The fourth-order valence-corrected chi connectivity index (χ4v) is 2.44. The zero-order chi connectivity index (χ0) is 13.5. The van der Waals surface area contributed by atoms with Crippen molar-refractivity contribution in [3.63, 3.8) is 0 Å². The second-order valence-electron chi connectivity index (χ2n) is 3.47. The van der Waals surface area contributed by atoms with Gasteiger partial charge in [0.2, 0.25) is 0 Å². The summed E-state index contributed by atoms with van der Waals surface area (Å²) in [4.78, 5) is 17.8. The number of hydrogen-bond donors (Lipinski definition) is 0. The van der Waals surface area contributed by atoms with Gasteiger partial charge in [0.05, 0.1) is 7.11 Å². The third kappa shape index (κ3) is 4.12. The van der Waals surface area contributed by atoms with Crippen molar-refractivity contribution in [2.75, 3.05) is 33.4 Å². The quantitative estimate of drug-likeness (QED) is 0.722. The molecule has 0 bridgehead atoms. The molecule has 1 rings (SSSR count). The van der Waals surface area contributed by atoms with Crippen LogP contribution in [0.15, 0.2) is 0 Å². The monoisotopic (exact) mass is 292 g/mol. The van der Waals surface area contributed by atoms with Crippen molar-refractivity contribution < 1.29 is 14.3 Å². The van der Waals surface area contributed by atoms with Gasteiger partial charge in [0.15, 0.2) is 10.0 Å². The molecule has 0 atom stereocenters. The number of thiazole rings is 1. The summed E-state index contributed by atoms with van der Waals surface area (Å²) in [6.45, 7) is 7.49. The predicted octanol–water partition coefficient (Wildman–Crippen LogP) is 2.30. The van der Waals surface area contributed by atoms with Crippen LogP contribution in [0.2, 0.25) is 5.15 Å². The molecular weight excluding hydrogens is 276 g/mol. The van der Waals surface area contributed by atoms with Gasteiger partial charge in [0, 0.05) is 6.54 Å². The Balaban J connectivity index is 2.51. The van der Waals surface area contributed by atoms with E-state index in [0.29, 0.717) is 11.8 Å². The summed E-state index contributed by atoms with van der Waals surface area (Å²) in [5.74, 6) is -0.490. The van der Waals surface area contributed by atoms with Gasteiger partial charge in [-0.3, -0.25) is 0 Å². The molecule has 1 aromatic rings. The zero-order valence-electron chi connectivity index (χ0n) is 10.7. The first-order valence-electron chi connectivity index (χ1n) is 5.72. The molecule has 0 unspecified atom stereocenters. The molecule has 0 spiro atoms. The lowest BCUT2D eigenvalue weighted by Gasteiger charge is -2.17. The van der Waals surface area contributed by atoms with Crippen LogP contribution in [-0.2, 0) is 4.74 Å². The topological polar surface area (TPSA) is 51.7 Å². The predicted molar refractivity (Wildman–Crippen MR) is 71.7 cm³/mol. The molecule has 7 heteroatoms. The maximum Gasteiger partial charge on any atom is 0.351 e. The maximum absolute atomic E-state index is 11.3. The smallest absolute Gasteiger partial charge is 0.351 e. The standard InChI is InChI=1S/C11H17ClN2O3S/c1-4-14(5-2)6-7-17-11-13-9(12)8(18-11)10(15)16-3/h4-7H2,1-3H3.